The predicted molar refractivity (Wildman–Crippen MR) is 235 cm³/mol. The summed E-state index contributed by atoms with van der Waals surface area (Å²) in [4.78, 5) is 2.58. The van der Waals surface area contributed by atoms with Gasteiger partial charge >= 0.3 is 0 Å². The van der Waals surface area contributed by atoms with E-state index in [0.29, 0.717) is 0 Å². The normalized spacial score (nSPS) is 13.2. The first-order valence-corrected chi connectivity index (χ1v) is 20.6. The van der Waals surface area contributed by atoms with Gasteiger partial charge in [0, 0.05) is 66.8 Å². The van der Waals surface area contributed by atoms with Gasteiger partial charge in [0.2, 0.25) is 6.71 Å². The summed E-state index contributed by atoms with van der Waals surface area (Å²) in [6, 6.07) is 59.7. The van der Waals surface area contributed by atoms with Crippen molar-refractivity contribution in [3.05, 3.63) is 158 Å². The lowest BCUT2D eigenvalue weighted by Crippen LogP contribution is -2.54. The molecule has 0 fully saturated rings. The molecule has 0 N–H and O–H groups in total. The number of nitrogens with zero attached hydrogens (tertiary/aromatic N) is 1. The van der Waals surface area contributed by atoms with Gasteiger partial charge in [0.15, 0.2) is 0 Å². The molecule has 5 heteroatoms. The fourth-order valence-corrected chi connectivity index (χ4v) is 12.8. The Bertz CT molecular complexity index is 3370. The Morgan fingerprint density at radius 1 is 0.377 bits per heavy atom. The van der Waals surface area contributed by atoms with Crippen LogP contribution < -0.4 is 21.3 Å². The number of fused-ring (bicyclic) bond motifs is 14. The molecule has 5 heterocycles. The molecule has 0 spiro atoms. The van der Waals surface area contributed by atoms with Crippen molar-refractivity contribution in [2.45, 2.75) is 0 Å². The zero-order valence-corrected chi connectivity index (χ0v) is 30.7. The molecule has 0 bridgehead atoms. The largest absolute Gasteiger partial charge is 0.311 e. The van der Waals surface area contributed by atoms with Crippen LogP contribution in [0.3, 0.4) is 0 Å². The van der Waals surface area contributed by atoms with Crippen LogP contribution in [0.1, 0.15) is 0 Å². The van der Waals surface area contributed by atoms with Gasteiger partial charge in [0.1, 0.15) is 0 Å². The van der Waals surface area contributed by atoms with Crippen molar-refractivity contribution >= 4 is 135 Å². The minimum absolute atomic E-state index is 0.115. The summed E-state index contributed by atoms with van der Waals surface area (Å²) in [5.41, 5.74) is 13.3. The first-order valence-electron chi connectivity index (χ1n) is 18.1. The summed E-state index contributed by atoms with van der Waals surface area (Å²) < 4.78 is 8.03. The summed E-state index contributed by atoms with van der Waals surface area (Å²) in [6.07, 6.45) is 0. The molecular formula is C48H26BNS3. The predicted octanol–water partition coefficient (Wildman–Crippen LogP) is 12.7. The number of hydrogen-bond acceptors (Lipinski definition) is 4. The third kappa shape index (κ3) is 3.86. The highest BCUT2D eigenvalue weighted by atomic mass is 32.1. The number of rotatable bonds is 2. The molecule has 8 aromatic carbocycles. The molecule has 2 aliphatic rings. The highest BCUT2D eigenvalue weighted by molar-refractivity contribution is 7.26. The smallest absolute Gasteiger partial charge is 0.248 e. The van der Waals surface area contributed by atoms with E-state index < -0.39 is 0 Å². The van der Waals surface area contributed by atoms with E-state index in [2.05, 4.69) is 163 Å². The van der Waals surface area contributed by atoms with Gasteiger partial charge in [0.05, 0.1) is 0 Å². The maximum Gasteiger partial charge on any atom is 0.248 e. The fraction of sp³-hybridized carbons (Fsp3) is 0. The monoisotopic (exact) mass is 723 g/mol. The van der Waals surface area contributed by atoms with Crippen LogP contribution in [0.2, 0.25) is 0 Å². The van der Waals surface area contributed by atoms with Gasteiger partial charge < -0.3 is 4.90 Å². The van der Waals surface area contributed by atoms with E-state index in [9.17, 15) is 0 Å². The lowest BCUT2D eigenvalue weighted by molar-refractivity contribution is 1.31. The van der Waals surface area contributed by atoms with E-state index >= 15 is 0 Å². The van der Waals surface area contributed by atoms with E-state index in [4.69, 9.17) is 0 Å². The van der Waals surface area contributed by atoms with Crippen LogP contribution in [0.25, 0.3) is 82.8 Å². The van der Waals surface area contributed by atoms with Crippen LogP contribution in [0.4, 0.5) is 17.1 Å². The summed E-state index contributed by atoms with van der Waals surface area (Å²) in [5, 5.41) is 8.07. The molecule has 0 amide bonds. The molecule has 11 aromatic rings. The molecule has 0 radical (unpaired) electrons. The second kappa shape index (κ2) is 10.5. The minimum Gasteiger partial charge on any atom is -0.311 e. The van der Waals surface area contributed by atoms with Crippen molar-refractivity contribution in [1.29, 1.82) is 0 Å². The molecule has 0 saturated heterocycles. The molecule has 53 heavy (non-hydrogen) atoms. The Morgan fingerprint density at radius 2 is 0.943 bits per heavy atom. The number of anilines is 3. The van der Waals surface area contributed by atoms with Gasteiger partial charge in [-0.05, 0) is 92.5 Å². The van der Waals surface area contributed by atoms with E-state index in [1.807, 2.05) is 34.0 Å². The molecule has 244 valence electrons. The number of hydrogen-bond donors (Lipinski definition) is 0. The van der Waals surface area contributed by atoms with Gasteiger partial charge in [-0.1, -0.05) is 115 Å². The van der Waals surface area contributed by atoms with Crippen LogP contribution in [-0.2, 0) is 0 Å². The van der Waals surface area contributed by atoms with Crippen molar-refractivity contribution in [3.63, 3.8) is 0 Å². The van der Waals surface area contributed by atoms with Crippen molar-refractivity contribution in [2.24, 2.45) is 0 Å². The van der Waals surface area contributed by atoms with Gasteiger partial charge in [-0.2, -0.15) is 0 Å². The van der Waals surface area contributed by atoms with Crippen LogP contribution >= 0.6 is 34.0 Å². The number of thiophene rings is 3. The molecule has 1 nitrogen and oxygen atoms in total. The van der Waals surface area contributed by atoms with E-state index in [0.717, 1.165) is 0 Å². The maximum atomic E-state index is 2.58. The zero-order chi connectivity index (χ0) is 34.4. The van der Waals surface area contributed by atoms with Crippen LogP contribution in [0.5, 0.6) is 0 Å². The van der Waals surface area contributed by atoms with Crippen molar-refractivity contribution in [2.75, 3.05) is 4.90 Å². The van der Waals surface area contributed by atoms with Crippen LogP contribution in [-0.4, -0.2) is 6.71 Å². The topological polar surface area (TPSA) is 3.24 Å². The maximum absolute atomic E-state index is 2.58. The summed E-state index contributed by atoms with van der Waals surface area (Å²) in [6.45, 7) is 0.115. The van der Waals surface area contributed by atoms with Gasteiger partial charge in [-0.25, -0.2) is 0 Å². The second-order valence-electron chi connectivity index (χ2n) is 14.4. The SMILES string of the molecule is c1ccc(-c2ccc3c4c2-c2cc5sc6ccccc6c5cc2B4c2cc4c(cc2N3c2ccc3c(c2)sc2ccccc23)sc2ccccc24)cc1. The quantitative estimate of drug-likeness (QED) is 0.161. The van der Waals surface area contributed by atoms with E-state index in [1.165, 1.54) is 116 Å². The third-order valence-electron chi connectivity index (χ3n) is 11.7. The molecule has 0 aliphatic carbocycles. The molecular weight excluding hydrogens is 698 g/mol. The average molecular weight is 724 g/mol. The Labute approximate surface area is 317 Å². The first kappa shape index (κ1) is 28.8. The Kier molecular flexibility index (Phi) is 5.69. The summed E-state index contributed by atoms with van der Waals surface area (Å²) >= 11 is 5.72. The van der Waals surface area contributed by atoms with Crippen molar-refractivity contribution in [1.82, 2.24) is 0 Å². The molecule has 0 atom stereocenters. The minimum atomic E-state index is 0.115. The molecule has 0 unspecified atom stereocenters. The van der Waals surface area contributed by atoms with Crippen LogP contribution in [0.15, 0.2) is 158 Å². The fourth-order valence-electron chi connectivity index (χ4n) is 9.43. The Hall–Kier alpha value is -5.72. The lowest BCUT2D eigenvalue weighted by Gasteiger charge is -2.36. The van der Waals surface area contributed by atoms with Crippen molar-refractivity contribution in [3.8, 4) is 22.3 Å². The highest BCUT2D eigenvalue weighted by Gasteiger charge is 2.44. The highest BCUT2D eigenvalue weighted by Crippen LogP contribution is 2.48. The summed E-state index contributed by atoms with van der Waals surface area (Å²) in [7, 11) is 0. The van der Waals surface area contributed by atoms with E-state index in [1.54, 1.807) is 0 Å². The van der Waals surface area contributed by atoms with Gasteiger partial charge in [-0.3, -0.25) is 0 Å². The van der Waals surface area contributed by atoms with Gasteiger partial charge in [-0.15, -0.1) is 34.0 Å². The van der Waals surface area contributed by atoms with Gasteiger partial charge in [0.25, 0.3) is 0 Å². The molecule has 13 rings (SSSR count). The average Bonchev–Trinajstić information content (AvgIpc) is 3.96. The zero-order valence-electron chi connectivity index (χ0n) is 28.3. The lowest BCUT2D eigenvalue weighted by atomic mass is 9.37. The number of benzene rings is 8. The third-order valence-corrected chi connectivity index (χ3v) is 15.1. The first-order chi connectivity index (χ1) is 26.3. The van der Waals surface area contributed by atoms with E-state index in [-0.39, 0.29) is 6.71 Å². The standard InChI is InChI=1S/C48H26BNS3/c1-2-10-27(11-3-1)29-20-21-39-48-47(29)36-25-45-34(31-13-5-8-16-42(31)52-45)23-37(36)49(48)38-24-35-32-14-6-9-17-43(32)53-46(35)26-40(38)50(39)28-18-19-33-30-12-4-7-15-41(30)51-44(33)22-28/h1-26H. The summed E-state index contributed by atoms with van der Waals surface area (Å²) in [5.74, 6) is 0. The van der Waals surface area contributed by atoms with Crippen molar-refractivity contribution < 1.29 is 0 Å². The van der Waals surface area contributed by atoms with Crippen LogP contribution in [0, 0.1) is 0 Å². The second-order valence-corrected chi connectivity index (χ2v) is 17.6. The Morgan fingerprint density at radius 3 is 1.64 bits per heavy atom. The molecule has 2 aliphatic heterocycles. The molecule has 3 aromatic heterocycles. The Balaban J connectivity index is 1.17. The molecule has 0 saturated carbocycles.